The molecule has 1 atom stereocenters. The van der Waals surface area contributed by atoms with Crippen LogP contribution in [0.5, 0.6) is 0 Å². The van der Waals surface area contributed by atoms with Crippen LogP contribution in [0.25, 0.3) is 0 Å². The summed E-state index contributed by atoms with van der Waals surface area (Å²) in [6.45, 7) is 5.10. The first kappa shape index (κ1) is 15.7. The second kappa shape index (κ2) is 7.96. The highest BCUT2D eigenvalue weighted by molar-refractivity contribution is 5.72. The van der Waals surface area contributed by atoms with Crippen LogP contribution in [-0.4, -0.2) is 55.6 Å². The highest BCUT2D eigenvalue weighted by atomic mass is 16.8. The Labute approximate surface area is 113 Å². The molecule has 1 saturated heterocycles. The van der Waals surface area contributed by atoms with Gasteiger partial charge in [-0.15, -0.1) is 0 Å². The van der Waals surface area contributed by atoms with E-state index in [0.717, 1.165) is 25.9 Å². The summed E-state index contributed by atoms with van der Waals surface area (Å²) in [7, 11) is 0. The molecule has 0 saturated carbocycles. The van der Waals surface area contributed by atoms with Gasteiger partial charge in [0.2, 0.25) is 6.29 Å². The van der Waals surface area contributed by atoms with E-state index >= 15 is 0 Å². The van der Waals surface area contributed by atoms with Gasteiger partial charge in [-0.25, -0.2) is 4.79 Å². The molecule has 110 valence electrons. The van der Waals surface area contributed by atoms with Gasteiger partial charge in [0.1, 0.15) is 0 Å². The maximum absolute atomic E-state index is 11.6. The average molecular weight is 274 g/mol. The number of nitrogens with zero attached hydrogens (tertiary/aromatic N) is 1. The molecule has 0 amide bonds. The second-order valence-electron chi connectivity index (χ2n) is 4.47. The number of hydrogen-bond donors (Lipinski definition) is 1. The quantitative estimate of drug-likeness (QED) is 0.575. The molecule has 0 aromatic heterocycles. The average Bonchev–Trinajstić information content (AvgIpc) is 2.32. The molecule has 1 aliphatic heterocycles. The summed E-state index contributed by atoms with van der Waals surface area (Å²) in [5.41, 5.74) is 5.78. The molecule has 2 N–H and O–H groups in total. The molecule has 1 unspecified atom stereocenters. The number of esters is 1. The topological polar surface area (TPSA) is 91.1 Å². The molecule has 0 aromatic rings. The number of hydrogen-bond acceptors (Lipinski definition) is 7. The lowest BCUT2D eigenvalue weighted by atomic mass is 10.1. The van der Waals surface area contributed by atoms with Crippen molar-refractivity contribution in [3.8, 4) is 0 Å². The highest BCUT2D eigenvalue weighted by Gasteiger charge is 2.21. The van der Waals surface area contributed by atoms with Crippen molar-refractivity contribution in [3.05, 3.63) is 0 Å². The van der Waals surface area contributed by atoms with Crippen LogP contribution in [0.1, 0.15) is 26.7 Å². The van der Waals surface area contributed by atoms with Crippen LogP contribution in [0.2, 0.25) is 0 Å². The molecule has 0 bridgehead atoms. The minimum absolute atomic E-state index is 0.184. The largest absolute Gasteiger partial charge is 0.511 e. The maximum Gasteiger partial charge on any atom is 0.511 e. The molecular weight excluding hydrogens is 252 g/mol. The number of nitrogens with two attached hydrogens (primary N) is 1. The third-order valence-electron chi connectivity index (χ3n) is 2.81. The van der Waals surface area contributed by atoms with Crippen LogP contribution in [0.15, 0.2) is 0 Å². The molecule has 1 rings (SSSR count). The Morgan fingerprint density at radius 3 is 2.53 bits per heavy atom. The Balaban J connectivity index is 2.21. The van der Waals surface area contributed by atoms with E-state index in [1.54, 1.807) is 6.92 Å². The fraction of sp³-hybridized carbons (Fsp3) is 0.833. The van der Waals surface area contributed by atoms with Crippen molar-refractivity contribution in [2.45, 2.75) is 39.0 Å². The number of carbonyl (C=O) groups excluding carboxylic acids is 2. The van der Waals surface area contributed by atoms with Crippen molar-refractivity contribution in [2.24, 2.45) is 5.73 Å². The van der Waals surface area contributed by atoms with Crippen molar-refractivity contribution in [3.63, 3.8) is 0 Å². The molecule has 0 spiro atoms. The van der Waals surface area contributed by atoms with Crippen molar-refractivity contribution in [1.82, 2.24) is 4.90 Å². The molecule has 0 aliphatic carbocycles. The smallest absolute Gasteiger partial charge is 0.435 e. The van der Waals surface area contributed by atoms with E-state index in [9.17, 15) is 9.59 Å². The van der Waals surface area contributed by atoms with Crippen LogP contribution in [-0.2, 0) is 19.0 Å². The van der Waals surface area contributed by atoms with E-state index in [4.69, 9.17) is 15.2 Å². The number of carbonyl (C=O) groups is 2. The summed E-state index contributed by atoms with van der Waals surface area (Å²) in [5.74, 6) is -0.424. The molecule has 7 nitrogen and oxygen atoms in total. The van der Waals surface area contributed by atoms with Crippen LogP contribution in [0, 0.1) is 0 Å². The van der Waals surface area contributed by atoms with E-state index in [-0.39, 0.29) is 19.2 Å². The van der Waals surface area contributed by atoms with Gasteiger partial charge in [-0.05, 0) is 19.8 Å². The van der Waals surface area contributed by atoms with Gasteiger partial charge < -0.3 is 19.9 Å². The maximum atomic E-state index is 11.6. The van der Waals surface area contributed by atoms with Gasteiger partial charge in [0.05, 0.1) is 13.2 Å². The molecule has 19 heavy (non-hydrogen) atoms. The lowest BCUT2D eigenvalue weighted by molar-refractivity contribution is -0.169. The van der Waals surface area contributed by atoms with Crippen LogP contribution in [0.4, 0.5) is 4.79 Å². The third kappa shape index (κ3) is 6.40. The number of ether oxygens (including phenoxy) is 3. The van der Waals surface area contributed by atoms with Gasteiger partial charge in [-0.1, -0.05) is 0 Å². The Bertz CT molecular complexity index is 302. The monoisotopic (exact) mass is 274 g/mol. The van der Waals surface area contributed by atoms with E-state index in [2.05, 4.69) is 4.74 Å². The fourth-order valence-corrected chi connectivity index (χ4v) is 1.83. The second-order valence-corrected chi connectivity index (χ2v) is 4.47. The van der Waals surface area contributed by atoms with E-state index in [1.807, 2.05) is 4.90 Å². The van der Waals surface area contributed by atoms with Gasteiger partial charge in [-0.2, -0.15) is 0 Å². The lowest BCUT2D eigenvalue weighted by Crippen LogP contribution is -2.42. The van der Waals surface area contributed by atoms with Crippen molar-refractivity contribution in [1.29, 1.82) is 0 Å². The van der Waals surface area contributed by atoms with Crippen molar-refractivity contribution < 1.29 is 23.8 Å². The van der Waals surface area contributed by atoms with E-state index < -0.39 is 18.4 Å². The first-order valence-corrected chi connectivity index (χ1v) is 6.52. The van der Waals surface area contributed by atoms with Gasteiger partial charge in [0.15, 0.2) is 0 Å². The Hall–Kier alpha value is -1.34. The summed E-state index contributed by atoms with van der Waals surface area (Å²) in [5, 5.41) is 0. The van der Waals surface area contributed by atoms with Crippen LogP contribution >= 0.6 is 0 Å². The first-order valence-electron chi connectivity index (χ1n) is 6.52. The SMILES string of the molecule is CCOC(=O)OC(C)OC(=O)CN1CCC(N)CC1. The van der Waals surface area contributed by atoms with Gasteiger partial charge in [-0.3, -0.25) is 9.69 Å². The minimum Gasteiger partial charge on any atom is -0.435 e. The van der Waals surface area contributed by atoms with Crippen molar-refractivity contribution >= 4 is 12.1 Å². The van der Waals surface area contributed by atoms with Crippen molar-refractivity contribution in [2.75, 3.05) is 26.2 Å². The summed E-state index contributed by atoms with van der Waals surface area (Å²) >= 11 is 0. The molecule has 0 radical (unpaired) electrons. The van der Waals surface area contributed by atoms with Gasteiger partial charge in [0.25, 0.3) is 0 Å². The van der Waals surface area contributed by atoms with Gasteiger partial charge in [0, 0.05) is 26.1 Å². The zero-order valence-corrected chi connectivity index (χ0v) is 11.5. The molecule has 7 heteroatoms. The predicted molar refractivity (Wildman–Crippen MR) is 67.3 cm³/mol. The van der Waals surface area contributed by atoms with E-state index in [1.165, 1.54) is 6.92 Å². The highest BCUT2D eigenvalue weighted by Crippen LogP contribution is 2.08. The standard InChI is InChI=1S/C12H22N2O5/c1-3-17-12(16)19-9(2)18-11(15)8-14-6-4-10(13)5-7-14/h9-10H,3-8,13H2,1-2H3. The molecule has 1 aliphatic rings. The Morgan fingerprint density at radius 1 is 1.32 bits per heavy atom. The predicted octanol–water partition coefficient (Wildman–Crippen LogP) is 0.472. The Kier molecular flexibility index (Phi) is 6.58. The number of piperidine rings is 1. The summed E-state index contributed by atoms with van der Waals surface area (Å²) in [6.07, 6.45) is -0.0324. The summed E-state index contributed by atoms with van der Waals surface area (Å²) < 4.78 is 14.3. The lowest BCUT2D eigenvalue weighted by Gasteiger charge is -2.29. The summed E-state index contributed by atoms with van der Waals surface area (Å²) in [4.78, 5) is 24.6. The zero-order valence-electron chi connectivity index (χ0n) is 11.5. The zero-order chi connectivity index (χ0) is 14.3. The summed E-state index contributed by atoms with van der Waals surface area (Å²) in [6, 6.07) is 0.221. The normalized spacial score (nSPS) is 18.7. The third-order valence-corrected chi connectivity index (χ3v) is 2.81. The molecule has 1 heterocycles. The Morgan fingerprint density at radius 2 is 1.95 bits per heavy atom. The molecule has 1 fully saturated rings. The van der Waals surface area contributed by atoms with Crippen LogP contribution < -0.4 is 5.73 Å². The fourth-order valence-electron chi connectivity index (χ4n) is 1.83. The van der Waals surface area contributed by atoms with Gasteiger partial charge >= 0.3 is 12.1 Å². The minimum atomic E-state index is -0.946. The molecule has 0 aromatic carbocycles. The molecular formula is C12H22N2O5. The number of likely N-dealkylation sites (tertiary alicyclic amines) is 1. The first-order chi connectivity index (χ1) is 9.01. The van der Waals surface area contributed by atoms with Crippen LogP contribution in [0.3, 0.4) is 0 Å². The van der Waals surface area contributed by atoms with E-state index in [0.29, 0.717) is 0 Å². The number of rotatable bonds is 5.